The maximum absolute atomic E-state index is 10.7. The molecular formula is C18H29NO6Si. The third-order valence-corrected chi connectivity index (χ3v) is 9.81. The number of ether oxygens (including phenoxy) is 2. The van der Waals surface area contributed by atoms with Gasteiger partial charge < -0.3 is 19.0 Å². The molecule has 0 aliphatic carbocycles. The van der Waals surface area contributed by atoms with Crippen molar-refractivity contribution < 1.29 is 23.9 Å². The largest absolute Gasteiger partial charge is 0.465 e. The monoisotopic (exact) mass is 383 g/mol. The van der Waals surface area contributed by atoms with Crippen LogP contribution in [0.15, 0.2) is 24.3 Å². The standard InChI is InChI=1S/C18H29NO6Si/c1-12-16(25-26(5,6)18(2,3)4)15(11-20)24-17(12)23-14-9-7-13(8-10-14)19(21)22/h7-10,12,15-17,20H,11H2,1-6H3/t12?,15-,16+,17-/m1/s1. The Labute approximate surface area is 155 Å². The average Bonchev–Trinajstić information content (AvgIpc) is 2.82. The summed E-state index contributed by atoms with van der Waals surface area (Å²) in [6, 6.07) is 5.87. The van der Waals surface area contributed by atoms with Crippen LogP contribution in [-0.4, -0.2) is 43.5 Å². The fraction of sp³-hybridized carbons (Fsp3) is 0.667. The summed E-state index contributed by atoms with van der Waals surface area (Å²) in [7, 11) is -2.03. The van der Waals surface area contributed by atoms with Gasteiger partial charge in [-0.1, -0.05) is 27.7 Å². The normalized spacial score (nSPS) is 26.7. The molecule has 8 heteroatoms. The summed E-state index contributed by atoms with van der Waals surface area (Å²) < 4.78 is 18.2. The SMILES string of the molecule is CC1[C@H](Oc2ccc([N+](=O)[O-])cc2)O[C@H](CO)[C@H]1O[Si](C)(C)C(C)(C)C. The predicted molar refractivity (Wildman–Crippen MR) is 101 cm³/mol. The molecule has 1 heterocycles. The summed E-state index contributed by atoms with van der Waals surface area (Å²) in [6.45, 7) is 12.7. The summed E-state index contributed by atoms with van der Waals surface area (Å²) in [6.07, 6.45) is -1.30. The van der Waals surface area contributed by atoms with Crippen molar-refractivity contribution >= 4 is 14.0 Å². The lowest BCUT2D eigenvalue weighted by Crippen LogP contribution is -2.48. The number of rotatable bonds is 6. The summed E-state index contributed by atoms with van der Waals surface area (Å²) in [5, 5.41) is 20.5. The van der Waals surface area contributed by atoms with Crippen LogP contribution in [0.3, 0.4) is 0 Å². The quantitative estimate of drug-likeness (QED) is 0.457. The van der Waals surface area contributed by atoms with E-state index < -0.39 is 25.6 Å². The lowest BCUT2D eigenvalue weighted by atomic mass is 10.0. The fourth-order valence-corrected chi connectivity index (χ4v) is 4.03. The first-order valence-electron chi connectivity index (χ1n) is 8.81. The molecule has 0 bridgehead atoms. The van der Waals surface area contributed by atoms with E-state index in [4.69, 9.17) is 13.9 Å². The zero-order valence-electron chi connectivity index (χ0n) is 16.3. The van der Waals surface area contributed by atoms with E-state index in [-0.39, 0.29) is 29.4 Å². The van der Waals surface area contributed by atoms with Gasteiger partial charge >= 0.3 is 0 Å². The van der Waals surface area contributed by atoms with Gasteiger partial charge in [-0.15, -0.1) is 0 Å². The van der Waals surface area contributed by atoms with Gasteiger partial charge in [0.1, 0.15) is 11.9 Å². The summed E-state index contributed by atoms with van der Waals surface area (Å²) in [4.78, 5) is 10.3. The fourth-order valence-electron chi connectivity index (χ4n) is 2.63. The molecule has 1 N–H and O–H groups in total. The van der Waals surface area contributed by atoms with Crippen molar-refractivity contribution in [3.8, 4) is 5.75 Å². The van der Waals surface area contributed by atoms with Gasteiger partial charge in [-0.3, -0.25) is 10.1 Å². The molecule has 0 aromatic heterocycles. The lowest BCUT2D eigenvalue weighted by Gasteiger charge is -2.40. The Kier molecular flexibility index (Phi) is 6.12. The molecule has 0 radical (unpaired) electrons. The Morgan fingerprint density at radius 2 is 1.85 bits per heavy atom. The van der Waals surface area contributed by atoms with Gasteiger partial charge in [-0.2, -0.15) is 0 Å². The highest BCUT2D eigenvalue weighted by atomic mass is 28.4. The number of hydrogen-bond donors (Lipinski definition) is 1. The van der Waals surface area contributed by atoms with Crippen molar-refractivity contribution in [3.63, 3.8) is 0 Å². The molecule has 1 aliphatic rings. The molecule has 1 fully saturated rings. The number of nitro benzene ring substituents is 1. The van der Waals surface area contributed by atoms with Gasteiger partial charge in [0.2, 0.25) is 6.29 Å². The molecule has 1 saturated heterocycles. The van der Waals surface area contributed by atoms with Crippen LogP contribution < -0.4 is 4.74 Å². The van der Waals surface area contributed by atoms with Crippen molar-refractivity contribution in [2.45, 2.75) is 64.3 Å². The number of nitrogens with zero attached hydrogens (tertiary/aromatic N) is 1. The molecule has 0 spiro atoms. The number of benzene rings is 1. The van der Waals surface area contributed by atoms with Crippen molar-refractivity contribution in [1.82, 2.24) is 0 Å². The number of aliphatic hydroxyl groups excluding tert-OH is 1. The van der Waals surface area contributed by atoms with Crippen molar-refractivity contribution in [2.75, 3.05) is 6.61 Å². The number of aliphatic hydroxyl groups is 1. The second-order valence-electron chi connectivity index (χ2n) is 8.30. The maximum Gasteiger partial charge on any atom is 0.269 e. The Morgan fingerprint density at radius 3 is 2.31 bits per heavy atom. The van der Waals surface area contributed by atoms with E-state index in [0.29, 0.717) is 5.75 Å². The highest BCUT2D eigenvalue weighted by Gasteiger charge is 2.49. The maximum atomic E-state index is 10.7. The Balaban J connectivity index is 2.11. The third kappa shape index (κ3) is 4.43. The molecule has 26 heavy (non-hydrogen) atoms. The highest BCUT2D eigenvalue weighted by molar-refractivity contribution is 6.74. The van der Waals surface area contributed by atoms with E-state index in [0.717, 1.165) is 0 Å². The molecule has 146 valence electrons. The Morgan fingerprint density at radius 1 is 1.27 bits per heavy atom. The molecule has 0 amide bonds. The van der Waals surface area contributed by atoms with E-state index in [1.54, 1.807) is 12.1 Å². The topological polar surface area (TPSA) is 91.1 Å². The first kappa shape index (κ1) is 20.8. The second-order valence-corrected chi connectivity index (χ2v) is 13.1. The van der Waals surface area contributed by atoms with Crippen LogP contribution in [0.1, 0.15) is 27.7 Å². The van der Waals surface area contributed by atoms with Crippen LogP contribution in [0.2, 0.25) is 18.1 Å². The average molecular weight is 384 g/mol. The van der Waals surface area contributed by atoms with Crippen LogP contribution in [0.4, 0.5) is 5.69 Å². The van der Waals surface area contributed by atoms with Gasteiger partial charge in [-0.25, -0.2) is 0 Å². The van der Waals surface area contributed by atoms with Gasteiger partial charge in [0.15, 0.2) is 8.32 Å². The molecule has 1 aromatic carbocycles. The van der Waals surface area contributed by atoms with Crippen LogP contribution in [0.25, 0.3) is 0 Å². The molecule has 7 nitrogen and oxygen atoms in total. The third-order valence-electron chi connectivity index (χ3n) is 5.34. The van der Waals surface area contributed by atoms with Gasteiger partial charge in [0, 0.05) is 18.1 Å². The Hall–Kier alpha value is -1.48. The minimum Gasteiger partial charge on any atom is -0.465 e. The first-order chi connectivity index (χ1) is 12.0. The van der Waals surface area contributed by atoms with Crippen molar-refractivity contribution in [3.05, 3.63) is 34.4 Å². The summed E-state index contributed by atoms with van der Waals surface area (Å²) in [5.41, 5.74) is 0.00473. The Bertz CT molecular complexity index is 628. The summed E-state index contributed by atoms with van der Waals surface area (Å²) >= 11 is 0. The first-order valence-corrected chi connectivity index (χ1v) is 11.7. The zero-order valence-corrected chi connectivity index (χ0v) is 17.3. The summed E-state index contributed by atoms with van der Waals surface area (Å²) in [5.74, 6) is 0.397. The highest BCUT2D eigenvalue weighted by Crippen LogP contribution is 2.41. The van der Waals surface area contributed by atoms with E-state index in [9.17, 15) is 15.2 Å². The number of non-ortho nitro benzene ring substituents is 1. The zero-order chi connectivity index (χ0) is 19.7. The number of hydrogen-bond acceptors (Lipinski definition) is 6. The molecular weight excluding hydrogens is 354 g/mol. The molecule has 1 unspecified atom stereocenters. The van der Waals surface area contributed by atoms with E-state index in [2.05, 4.69) is 33.9 Å². The predicted octanol–water partition coefficient (Wildman–Crippen LogP) is 3.72. The van der Waals surface area contributed by atoms with E-state index in [1.165, 1.54) is 12.1 Å². The smallest absolute Gasteiger partial charge is 0.269 e. The molecule has 1 aromatic rings. The van der Waals surface area contributed by atoms with Gasteiger partial charge in [-0.05, 0) is 30.3 Å². The van der Waals surface area contributed by atoms with Crippen LogP contribution >= 0.6 is 0 Å². The van der Waals surface area contributed by atoms with Crippen LogP contribution in [0.5, 0.6) is 5.75 Å². The minimum atomic E-state index is -2.03. The van der Waals surface area contributed by atoms with E-state index in [1.807, 2.05) is 6.92 Å². The number of nitro groups is 1. The molecule has 1 aliphatic heterocycles. The van der Waals surface area contributed by atoms with Crippen LogP contribution in [0, 0.1) is 16.0 Å². The minimum absolute atomic E-state index is 0.00473. The van der Waals surface area contributed by atoms with Gasteiger partial charge in [0.25, 0.3) is 5.69 Å². The lowest BCUT2D eigenvalue weighted by molar-refractivity contribution is -0.384. The van der Waals surface area contributed by atoms with Crippen molar-refractivity contribution in [1.29, 1.82) is 0 Å². The molecule has 0 saturated carbocycles. The second kappa shape index (κ2) is 7.64. The van der Waals surface area contributed by atoms with E-state index >= 15 is 0 Å². The van der Waals surface area contributed by atoms with Crippen molar-refractivity contribution in [2.24, 2.45) is 5.92 Å². The molecule has 2 rings (SSSR count). The van der Waals surface area contributed by atoms with Gasteiger partial charge in [0.05, 0.1) is 17.6 Å². The molecule has 4 atom stereocenters. The van der Waals surface area contributed by atoms with Crippen LogP contribution in [-0.2, 0) is 9.16 Å².